The van der Waals surface area contributed by atoms with Crippen LogP contribution in [0.2, 0.25) is 0 Å². The Morgan fingerprint density at radius 1 is 1.56 bits per heavy atom. The lowest BCUT2D eigenvalue weighted by Crippen LogP contribution is -2.35. The fourth-order valence-electron chi connectivity index (χ4n) is 1.77. The third kappa shape index (κ3) is 3.24. The molecule has 6 heteroatoms. The van der Waals surface area contributed by atoms with Gasteiger partial charge in [0, 0.05) is 17.9 Å². The van der Waals surface area contributed by atoms with Gasteiger partial charge in [-0.25, -0.2) is 4.98 Å². The van der Waals surface area contributed by atoms with Gasteiger partial charge in [-0.15, -0.1) is 0 Å². The lowest BCUT2D eigenvalue weighted by atomic mass is 10.1. The number of hydrogen-bond donors (Lipinski definition) is 3. The summed E-state index contributed by atoms with van der Waals surface area (Å²) in [5.41, 5.74) is 5.32. The van der Waals surface area contributed by atoms with Gasteiger partial charge >= 0.3 is 0 Å². The monoisotopic (exact) mass is 240 g/mol. The van der Waals surface area contributed by atoms with Gasteiger partial charge in [0.25, 0.3) is 5.56 Å². The minimum atomic E-state index is -0.188. The molecule has 1 aliphatic heterocycles. The van der Waals surface area contributed by atoms with Crippen molar-refractivity contribution in [1.29, 1.82) is 0 Å². The van der Waals surface area contributed by atoms with Crippen LogP contribution >= 0.6 is 11.8 Å². The van der Waals surface area contributed by atoms with Gasteiger partial charge < -0.3 is 16.0 Å². The highest BCUT2D eigenvalue weighted by Gasteiger charge is 2.13. The van der Waals surface area contributed by atoms with Crippen molar-refractivity contribution in [2.24, 2.45) is 0 Å². The second-order valence-corrected chi connectivity index (χ2v) is 4.94. The van der Waals surface area contributed by atoms with Crippen LogP contribution in [0.5, 0.6) is 0 Å². The van der Waals surface area contributed by atoms with E-state index in [1.165, 1.54) is 25.3 Å². The summed E-state index contributed by atoms with van der Waals surface area (Å²) in [5.74, 6) is 1.20. The van der Waals surface area contributed by atoms with E-state index in [9.17, 15) is 4.79 Å². The van der Waals surface area contributed by atoms with Crippen LogP contribution in [-0.4, -0.2) is 28.3 Å². The molecule has 1 fully saturated rings. The first kappa shape index (κ1) is 11.5. The number of thioether (sulfide) groups is 1. The molecule has 16 heavy (non-hydrogen) atoms. The smallest absolute Gasteiger partial charge is 0.253 e. The van der Waals surface area contributed by atoms with Crippen LogP contribution in [0.15, 0.2) is 16.0 Å². The molecule has 2 heterocycles. The highest BCUT2D eigenvalue weighted by molar-refractivity contribution is 7.99. The number of aromatic nitrogens is 2. The van der Waals surface area contributed by atoms with Crippen molar-refractivity contribution in [3.05, 3.63) is 16.4 Å². The Hall–Kier alpha value is -1.01. The Morgan fingerprint density at radius 2 is 2.44 bits per heavy atom. The minimum Gasteiger partial charge on any atom is -0.383 e. The Morgan fingerprint density at radius 3 is 3.12 bits per heavy atom. The number of anilines is 1. The highest BCUT2D eigenvalue weighted by Crippen LogP contribution is 2.17. The van der Waals surface area contributed by atoms with Crippen LogP contribution in [0.3, 0.4) is 0 Å². The van der Waals surface area contributed by atoms with E-state index in [1.807, 2.05) is 0 Å². The number of nitrogens with zero attached hydrogens (tertiary/aromatic N) is 1. The zero-order chi connectivity index (χ0) is 11.4. The van der Waals surface area contributed by atoms with E-state index >= 15 is 0 Å². The van der Waals surface area contributed by atoms with Crippen molar-refractivity contribution < 1.29 is 0 Å². The molecule has 2 rings (SSSR count). The zero-order valence-corrected chi connectivity index (χ0v) is 9.85. The molecule has 1 unspecified atom stereocenters. The third-order valence-corrected chi connectivity index (χ3v) is 3.61. The number of nitrogens with two attached hydrogens (primary N) is 1. The van der Waals surface area contributed by atoms with Gasteiger partial charge in [0.1, 0.15) is 5.82 Å². The minimum absolute atomic E-state index is 0.188. The van der Waals surface area contributed by atoms with Crippen LogP contribution < -0.4 is 16.6 Å². The average molecular weight is 240 g/mol. The van der Waals surface area contributed by atoms with Crippen LogP contribution in [-0.2, 0) is 0 Å². The predicted molar refractivity (Wildman–Crippen MR) is 65.6 cm³/mol. The number of nitrogen functional groups attached to an aromatic ring is 1. The number of aromatic amines is 1. The van der Waals surface area contributed by atoms with E-state index < -0.39 is 0 Å². The summed E-state index contributed by atoms with van der Waals surface area (Å²) in [6, 6.07) is 1.81. The first-order valence-electron chi connectivity index (χ1n) is 5.47. The molecule has 1 aromatic heterocycles. The van der Waals surface area contributed by atoms with Gasteiger partial charge in [-0.3, -0.25) is 4.79 Å². The molecular formula is C10H16N4OS. The van der Waals surface area contributed by atoms with Crippen LogP contribution in [0, 0.1) is 0 Å². The molecule has 0 amide bonds. The number of H-pyrrole nitrogens is 1. The molecule has 5 nitrogen and oxygen atoms in total. The molecule has 0 bridgehead atoms. The molecule has 0 aromatic carbocycles. The van der Waals surface area contributed by atoms with E-state index in [1.54, 1.807) is 11.8 Å². The molecule has 1 atom stereocenters. The van der Waals surface area contributed by atoms with E-state index in [4.69, 9.17) is 5.73 Å². The van der Waals surface area contributed by atoms with Crippen molar-refractivity contribution in [2.45, 2.75) is 30.5 Å². The van der Waals surface area contributed by atoms with Gasteiger partial charge in [0.2, 0.25) is 0 Å². The molecule has 1 aromatic rings. The lowest BCUT2D eigenvalue weighted by Gasteiger charge is -2.22. The largest absolute Gasteiger partial charge is 0.383 e. The van der Waals surface area contributed by atoms with Crippen molar-refractivity contribution in [3.63, 3.8) is 0 Å². The van der Waals surface area contributed by atoms with Crippen molar-refractivity contribution >= 4 is 17.6 Å². The van der Waals surface area contributed by atoms with Gasteiger partial charge in [-0.05, 0) is 19.4 Å². The quantitative estimate of drug-likeness (QED) is 0.532. The van der Waals surface area contributed by atoms with E-state index in [0.717, 1.165) is 12.3 Å². The van der Waals surface area contributed by atoms with Gasteiger partial charge in [-0.1, -0.05) is 18.2 Å². The van der Waals surface area contributed by atoms with Crippen LogP contribution in [0.25, 0.3) is 0 Å². The fraction of sp³-hybridized carbons (Fsp3) is 0.600. The Bertz CT molecular complexity index is 400. The summed E-state index contributed by atoms with van der Waals surface area (Å²) in [6.45, 7) is 1.09. The summed E-state index contributed by atoms with van der Waals surface area (Å²) >= 11 is 1.55. The number of hydrogen-bond acceptors (Lipinski definition) is 5. The summed E-state index contributed by atoms with van der Waals surface area (Å²) in [7, 11) is 0. The Labute approximate surface area is 98.2 Å². The maximum absolute atomic E-state index is 11.2. The second-order valence-electron chi connectivity index (χ2n) is 3.93. The summed E-state index contributed by atoms with van der Waals surface area (Å²) < 4.78 is 0. The Kier molecular flexibility index (Phi) is 3.84. The van der Waals surface area contributed by atoms with Crippen LogP contribution in [0.1, 0.15) is 19.3 Å². The van der Waals surface area contributed by atoms with Crippen molar-refractivity contribution in [1.82, 2.24) is 15.3 Å². The van der Waals surface area contributed by atoms with Crippen LogP contribution in [0.4, 0.5) is 5.82 Å². The SMILES string of the molecule is Nc1cc(=O)[nH]c(SCC2CCCCN2)n1. The number of nitrogens with one attached hydrogen (secondary N) is 2. The number of piperidine rings is 1. The van der Waals surface area contributed by atoms with Crippen molar-refractivity contribution in [3.8, 4) is 0 Å². The average Bonchev–Trinajstić information content (AvgIpc) is 2.27. The summed E-state index contributed by atoms with van der Waals surface area (Å²) in [4.78, 5) is 17.9. The molecular weight excluding hydrogens is 224 g/mol. The first-order chi connectivity index (χ1) is 7.74. The van der Waals surface area contributed by atoms with Gasteiger partial charge in [-0.2, -0.15) is 0 Å². The second kappa shape index (κ2) is 5.36. The summed E-state index contributed by atoms with van der Waals surface area (Å²) in [5, 5.41) is 4.06. The molecule has 0 radical (unpaired) electrons. The zero-order valence-electron chi connectivity index (χ0n) is 9.03. The lowest BCUT2D eigenvalue weighted by molar-refractivity contribution is 0.429. The van der Waals surface area contributed by atoms with E-state index in [2.05, 4.69) is 15.3 Å². The first-order valence-corrected chi connectivity index (χ1v) is 6.45. The Balaban J connectivity index is 1.90. The van der Waals surface area contributed by atoms with Gasteiger partial charge in [0.05, 0.1) is 0 Å². The van der Waals surface area contributed by atoms with E-state index in [-0.39, 0.29) is 11.4 Å². The molecule has 0 saturated carbocycles. The highest BCUT2D eigenvalue weighted by atomic mass is 32.2. The molecule has 4 N–H and O–H groups in total. The topological polar surface area (TPSA) is 83.8 Å². The fourth-order valence-corrected chi connectivity index (χ4v) is 2.75. The molecule has 1 saturated heterocycles. The standard InChI is InChI=1S/C10H16N4OS/c11-8-5-9(15)14-10(13-8)16-6-7-3-1-2-4-12-7/h5,7,12H,1-4,6H2,(H3,11,13,14,15). The normalized spacial score (nSPS) is 20.9. The maximum atomic E-state index is 11.2. The molecule has 88 valence electrons. The molecule has 0 spiro atoms. The summed E-state index contributed by atoms with van der Waals surface area (Å²) in [6.07, 6.45) is 3.73. The predicted octanol–water partition coefficient (Wildman–Crippen LogP) is 0.586. The van der Waals surface area contributed by atoms with Gasteiger partial charge in [0.15, 0.2) is 5.16 Å². The molecule has 1 aliphatic rings. The third-order valence-electron chi connectivity index (χ3n) is 2.57. The number of rotatable bonds is 3. The molecule has 0 aliphatic carbocycles. The maximum Gasteiger partial charge on any atom is 0.253 e. The van der Waals surface area contributed by atoms with Crippen molar-refractivity contribution in [2.75, 3.05) is 18.0 Å². The van der Waals surface area contributed by atoms with E-state index in [0.29, 0.717) is 11.2 Å².